The predicted molar refractivity (Wildman–Crippen MR) is 63.6 cm³/mol. The summed E-state index contributed by atoms with van der Waals surface area (Å²) in [7, 11) is 3.42. The van der Waals surface area contributed by atoms with Gasteiger partial charge in [0.15, 0.2) is 0 Å². The van der Waals surface area contributed by atoms with E-state index >= 15 is 0 Å². The van der Waals surface area contributed by atoms with Crippen molar-refractivity contribution in [2.75, 3.05) is 13.7 Å². The average molecular weight is 247 g/mol. The van der Waals surface area contributed by atoms with Gasteiger partial charge in [0.2, 0.25) is 0 Å². The molecular formula is C11H19ClN2O2. The number of aryl methyl sites for hydroxylation is 2. The van der Waals surface area contributed by atoms with Crippen LogP contribution in [0.3, 0.4) is 0 Å². The molecule has 0 aliphatic carbocycles. The van der Waals surface area contributed by atoms with Crippen LogP contribution in [-0.4, -0.2) is 28.6 Å². The summed E-state index contributed by atoms with van der Waals surface area (Å²) in [5.41, 5.74) is 1.51. The van der Waals surface area contributed by atoms with Crippen molar-refractivity contribution in [2.45, 2.75) is 26.4 Å². The van der Waals surface area contributed by atoms with Crippen LogP contribution in [0.1, 0.15) is 30.7 Å². The van der Waals surface area contributed by atoms with Crippen molar-refractivity contribution in [2.24, 2.45) is 13.0 Å². The van der Waals surface area contributed by atoms with Crippen molar-refractivity contribution >= 4 is 11.6 Å². The lowest BCUT2D eigenvalue weighted by Crippen LogP contribution is -2.12. The van der Waals surface area contributed by atoms with E-state index in [9.17, 15) is 5.11 Å². The lowest BCUT2D eigenvalue weighted by molar-refractivity contribution is 0.0882. The molecule has 0 saturated heterocycles. The third-order valence-electron chi connectivity index (χ3n) is 2.81. The number of aliphatic hydroxyl groups is 1. The Hall–Kier alpha value is -0.580. The molecule has 0 saturated carbocycles. The van der Waals surface area contributed by atoms with Crippen molar-refractivity contribution in [1.82, 2.24) is 9.78 Å². The van der Waals surface area contributed by atoms with E-state index in [2.05, 4.69) is 5.10 Å². The molecule has 1 N–H and O–H groups in total. The van der Waals surface area contributed by atoms with Crippen molar-refractivity contribution in [3.05, 3.63) is 16.4 Å². The Labute approximate surface area is 101 Å². The third-order valence-corrected chi connectivity index (χ3v) is 3.26. The fourth-order valence-electron chi connectivity index (χ4n) is 1.73. The summed E-state index contributed by atoms with van der Waals surface area (Å²) in [5, 5.41) is 14.9. The number of ether oxygens (including phenoxy) is 1. The highest BCUT2D eigenvalue weighted by molar-refractivity contribution is 6.30. The molecule has 1 rings (SSSR count). The molecule has 5 heteroatoms. The van der Waals surface area contributed by atoms with E-state index in [0.717, 1.165) is 17.7 Å². The van der Waals surface area contributed by atoms with E-state index in [1.807, 2.05) is 13.8 Å². The first kappa shape index (κ1) is 13.5. The van der Waals surface area contributed by atoms with Gasteiger partial charge in [0.1, 0.15) is 5.15 Å². The van der Waals surface area contributed by atoms with Crippen LogP contribution in [0.4, 0.5) is 0 Å². The third kappa shape index (κ3) is 2.75. The molecule has 16 heavy (non-hydrogen) atoms. The van der Waals surface area contributed by atoms with Crippen molar-refractivity contribution in [3.63, 3.8) is 0 Å². The van der Waals surface area contributed by atoms with Gasteiger partial charge in [-0.3, -0.25) is 4.68 Å². The van der Waals surface area contributed by atoms with Crippen molar-refractivity contribution < 1.29 is 9.84 Å². The summed E-state index contributed by atoms with van der Waals surface area (Å²) < 4.78 is 6.58. The lowest BCUT2D eigenvalue weighted by Gasteiger charge is -2.18. The summed E-state index contributed by atoms with van der Waals surface area (Å²) >= 11 is 6.10. The van der Waals surface area contributed by atoms with Gasteiger partial charge in [0.25, 0.3) is 0 Å². The number of hydrogen-bond acceptors (Lipinski definition) is 3. The van der Waals surface area contributed by atoms with Crippen molar-refractivity contribution in [3.8, 4) is 0 Å². The molecule has 0 spiro atoms. The molecule has 92 valence electrons. The quantitative estimate of drug-likeness (QED) is 0.866. The molecule has 1 heterocycles. The molecule has 0 bridgehead atoms. The molecule has 4 nitrogen and oxygen atoms in total. The van der Waals surface area contributed by atoms with Gasteiger partial charge in [0, 0.05) is 26.3 Å². The Morgan fingerprint density at radius 2 is 2.19 bits per heavy atom. The van der Waals surface area contributed by atoms with E-state index in [1.165, 1.54) is 0 Å². The van der Waals surface area contributed by atoms with Crippen LogP contribution in [0, 0.1) is 12.8 Å². The number of aliphatic hydroxyl groups excluding tert-OH is 1. The first-order chi connectivity index (χ1) is 7.49. The standard InChI is InChI=1S/C11H19ClN2O2/c1-7(5-6-16-4)10(15)9-8(2)13-14(3)11(9)12/h7,10,15H,5-6H2,1-4H3. The van der Waals surface area contributed by atoms with Crippen LogP contribution in [0.2, 0.25) is 5.15 Å². The van der Waals surface area contributed by atoms with Crippen LogP contribution in [0.15, 0.2) is 0 Å². The largest absolute Gasteiger partial charge is 0.388 e. The highest BCUT2D eigenvalue weighted by Gasteiger charge is 2.24. The Kier molecular flexibility index (Phi) is 4.77. The first-order valence-electron chi connectivity index (χ1n) is 5.35. The predicted octanol–water partition coefficient (Wildman–Crippen LogP) is 2.09. The minimum absolute atomic E-state index is 0.0975. The second kappa shape index (κ2) is 5.66. The molecule has 0 aromatic carbocycles. The topological polar surface area (TPSA) is 47.3 Å². The van der Waals surface area contributed by atoms with Gasteiger partial charge in [-0.2, -0.15) is 5.10 Å². The summed E-state index contributed by atoms with van der Waals surface area (Å²) in [6, 6.07) is 0. The zero-order chi connectivity index (χ0) is 12.3. The molecule has 1 aromatic rings. The summed E-state index contributed by atoms with van der Waals surface area (Å²) in [4.78, 5) is 0. The normalized spacial score (nSPS) is 15.1. The molecule has 0 fully saturated rings. The van der Waals surface area contributed by atoms with Gasteiger partial charge in [-0.15, -0.1) is 0 Å². The minimum atomic E-state index is -0.587. The minimum Gasteiger partial charge on any atom is -0.388 e. The zero-order valence-corrected chi connectivity index (χ0v) is 11.0. The highest BCUT2D eigenvalue weighted by Crippen LogP contribution is 2.31. The maximum absolute atomic E-state index is 10.2. The van der Waals surface area contributed by atoms with Crippen LogP contribution >= 0.6 is 11.6 Å². The zero-order valence-electron chi connectivity index (χ0n) is 10.2. The van der Waals surface area contributed by atoms with E-state index in [4.69, 9.17) is 16.3 Å². The number of hydrogen-bond donors (Lipinski definition) is 1. The van der Waals surface area contributed by atoms with Crippen LogP contribution in [0.5, 0.6) is 0 Å². The van der Waals surface area contributed by atoms with E-state index in [-0.39, 0.29) is 5.92 Å². The number of aromatic nitrogens is 2. The molecule has 2 atom stereocenters. The molecule has 0 aliphatic rings. The maximum atomic E-state index is 10.2. The number of nitrogens with zero attached hydrogens (tertiary/aromatic N) is 2. The van der Waals surface area contributed by atoms with Crippen LogP contribution < -0.4 is 0 Å². The maximum Gasteiger partial charge on any atom is 0.132 e. The average Bonchev–Trinajstić information content (AvgIpc) is 2.49. The summed E-state index contributed by atoms with van der Waals surface area (Å²) in [6.07, 6.45) is 0.207. The summed E-state index contributed by atoms with van der Waals surface area (Å²) in [6.45, 7) is 4.47. The number of rotatable bonds is 5. The van der Waals surface area contributed by atoms with Gasteiger partial charge >= 0.3 is 0 Å². The van der Waals surface area contributed by atoms with Crippen LogP contribution in [-0.2, 0) is 11.8 Å². The summed E-state index contributed by atoms with van der Waals surface area (Å²) in [5.74, 6) is 0.0975. The van der Waals surface area contributed by atoms with E-state index in [0.29, 0.717) is 11.8 Å². The SMILES string of the molecule is COCCC(C)C(O)c1c(C)nn(C)c1Cl. The Morgan fingerprint density at radius 1 is 1.56 bits per heavy atom. The molecule has 1 aromatic heterocycles. The Morgan fingerprint density at radius 3 is 2.62 bits per heavy atom. The Balaban J connectivity index is 2.82. The van der Waals surface area contributed by atoms with E-state index < -0.39 is 6.10 Å². The molecule has 0 radical (unpaired) electrons. The van der Waals surface area contributed by atoms with Gasteiger partial charge in [-0.05, 0) is 19.3 Å². The molecular weight excluding hydrogens is 228 g/mol. The second-order valence-corrected chi connectivity index (χ2v) is 4.48. The van der Waals surface area contributed by atoms with Crippen molar-refractivity contribution in [1.29, 1.82) is 0 Å². The highest BCUT2D eigenvalue weighted by atomic mass is 35.5. The van der Waals surface area contributed by atoms with Gasteiger partial charge in [0.05, 0.1) is 11.8 Å². The fraction of sp³-hybridized carbons (Fsp3) is 0.727. The lowest BCUT2D eigenvalue weighted by atomic mass is 9.95. The van der Waals surface area contributed by atoms with Gasteiger partial charge in [-0.1, -0.05) is 18.5 Å². The van der Waals surface area contributed by atoms with E-state index in [1.54, 1.807) is 18.8 Å². The molecule has 0 aliphatic heterocycles. The number of methoxy groups -OCH3 is 1. The van der Waals surface area contributed by atoms with Crippen LogP contribution in [0.25, 0.3) is 0 Å². The molecule has 2 unspecified atom stereocenters. The van der Waals surface area contributed by atoms with Gasteiger partial charge in [-0.25, -0.2) is 0 Å². The Bertz CT molecular complexity index is 352. The monoisotopic (exact) mass is 246 g/mol. The smallest absolute Gasteiger partial charge is 0.132 e. The number of halogens is 1. The second-order valence-electron chi connectivity index (χ2n) is 4.12. The first-order valence-corrected chi connectivity index (χ1v) is 5.72. The van der Waals surface area contributed by atoms with Gasteiger partial charge < -0.3 is 9.84 Å². The molecule has 0 amide bonds. The fourth-order valence-corrected chi connectivity index (χ4v) is 2.01.